The monoisotopic (exact) mass is 436 g/mol. The first-order chi connectivity index (χ1) is 11.9. The lowest BCUT2D eigenvalue weighted by atomic mass is 10.1. The van der Waals surface area contributed by atoms with Crippen molar-refractivity contribution in [2.75, 3.05) is 31.9 Å². The van der Waals surface area contributed by atoms with Crippen molar-refractivity contribution >= 4 is 40.7 Å². The Labute approximate surface area is 173 Å². The molecule has 2 aromatic rings. The summed E-state index contributed by atoms with van der Waals surface area (Å²) in [7, 11) is -0.534. The molecule has 0 amide bonds. The van der Waals surface area contributed by atoms with Crippen LogP contribution in [0.1, 0.15) is 17.2 Å². The minimum atomic E-state index is -3.48. The molecule has 152 valence electrons. The summed E-state index contributed by atoms with van der Waals surface area (Å²) in [4.78, 5) is 3.99. The van der Waals surface area contributed by atoms with Crippen LogP contribution < -0.4 is 10.0 Å². The molecule has 1 heterocycles. The molecule has 3 N–H and O–H groups in total. The lowest BCUT2D eigenvalue weighted by Crippen LogP contribution is -2.28. The Bertz CT molecular complexity index is 760. The summed E-state index contributed by atoms with van der Waals surface area (Å²) < 4.78 is 27.1. The van der Waals surface area contributed by atoms with Gasteiger partial charge in [-0.2, -0.15) is 12.7 Å². The number of aromatic nitrogens is 1. The molecule has 0 saturated carbocycles. The van der Waals surface area contributed by atoms with Gasteiger partial charge in [0.15, 0.2) is 0 Å². The van der Waals surface area contributed by atoms with Crippen molar-refractivity contribution in [2.24, 2.45) is 0 Å². The third-order valence-electron chi connectivity index (χ3n) is 3.68. The van der Waals surface area contributed by atoms with Crippen LogP contribution in [0, 0.1) is 0 Å². The van der Waals surface area contributed by atoms with E-state index in [9.17, 15) is 13.5 Å². The Morgan fingerprint density at radius 2 is 1.81 bits per heavy atom. The lowest BCUT2D eigenvalue weighted by Gasteiger charge is -2.14. The van der Waals surface area contributed by atoms with Crippen molar-refractivity contribution in [3.8, 4) is 0 Å². The standard InChI is InChI=1S/C17H24N4O3S.2ClH/c1-21(2)25(23,24)20-16-7-5-14(6-8-16)9-11-19-13-17(22)15-4-3-10-18-12-15;;/h3-8,10,12,17,19-20,22H,9,11,13H2,1-2H3;2*1H/t17-;;/m0../s1. The second-order valence-corrected chi connectivity index (χ2v) is 7.73. The summed E-state index contributed by atoms with van der Waals surface area (Å²) in [6, 6.07) is 10.9. The number of rotatable bonds is 9. The van der Waals surface area contributed by atoms with Gasteiger partial charge in [-0.05, 0) is 36.7 Å². The van der Waals surface area contributed by atoms with E-state index < -0.39 is 16.3 Å². The van der Waals surface area contributed by atoms with Gasteiger partial charge >= 0.3 is 10.2 Å². The number of hydrogen-bond donors (Lipinski definition) is 3. The Balaban J connectivity index is 0.00000338. The lowest BCUT2D eigenvalue weighted by molar-refractivity contribution is 0.174. The number of hydrogen-bond acceptors (Lipinski definition) is 5. The van der Waals surface area contributed by atoms with E-state index in [1.807, 2.05) is 18.2 Å². The molecule has 27 heavy (non-hydrogen) atoms. The van der Waals surface area contributed by atoms with Gasteiger partial charge in [0.25, 0.3) is 0 Å². The van der Waals surface area contributed by atoms with E-state index in [4.69, 9.17) is 0 Å². The molecule has 0 aliphatic rings. The molecule has 1 aromatic carbocycles. The van der Waals surface area contributed by atoms with Crippen LogP contribution in [0.25, 0.3) is 0 Å². The van der Waals surface area contributed by atoms with Crippen LogP contribution in [0.4, 0.5) is 5.69 Å². The van der Waals surface area contributed by atoms with E-state index in [2.05, 4.69) is 15.0 Å². The molecular weight excluding hydrogens is 411 g/mol. The molecule has 0 fully saturated rings. The third-order valence-corrected chi connectivity index (χ3v) is 5.13. The van der Waals surface area contributed by atoms with Gasteiger partial charge in [-0.15, -0.1) is 24.8 Å². The van der Waals surface area contributed by atoms with Gasteiger partial charge in [0.1, 0.15) is 0 Å². The van der Waals surface area contributed by atoms with Crippen LogP contribution in [0.3, 0.4) is 0 Å². The van der Waals surface area contributed by atoms with E-state index in [0.717, 1.165) is 21.9 Å². The quantitative estimate of drug-likeness (QED) is 0.522. The Kier molecular flexibility index (Phi) is 11.5. The van der Waals surface area contributed by atoms with Crippen molar-refractivity contribution in [2.45, 2.75) is 12.5 Å². The van der Waals surface area contributed by atoms with Gasteiger partial charge in [0, 0.05) is 44.3 Å². The molecule has 2 rings (SSSR count). The molecule has 1 atom stereocenters. The second kappa shape index (κ2) is 12.1. The zero-order chi connectivity index (χ0) is 18.3. The maximum absolute atomic E-state index is 11.8. The summed E-state index contributed by atoms with van der Waals surface area (Å²) >= 11 is 0. The molecule has 0 unspecified atom stereocenters. The van der Waals surface area contributed by atoms with Crippen LogP contribution in [0.15, 0.2) is 48.8 Å². The molecule has 0 aliphatic carbocycles. The van der Waals surface area contributed by atoms with Crippen molar-refractivity contribution in [1.82, 2.24) is 14.6 Å². The summed E-state index contributed by atoms with van der Waals surface area (Å²) in [6.45, 7) is 1.16. The average Bonchev–Trinajstić information content (AvgIpc) is 2.60. The minimum absolute atomic E-state index is 0. The van der Waals surface area contributed by atoms with Crippen LogP contribution >= 0.6 is 24.8 Å². The van der Waals surface area contributed by atoms with Crippen LogP contribution in [0.5, 0.6) is 0 Å². The number of benzene rings is 1. The fraction of sp³-hybridized carbons (Fsp3) is 0.353. The summed E-state index contributed by atoms with van der Waals surface area (Å²) in [5.74, 6) is 0. The molecular formula is C17H26Cl2N4O3S. The number of halogens is 2. The van der Waals surface area contributed by atoms with Crippen molar-refractivity contribution < 1.29 is 13.5 Å². The minimum Gasteiger partial charge on any atom is -0.387 e. The zero-order valence-corrected chi connectivity index (χ0v) is 17.6. The number of aliphatic hydroxyl groups excluding tert-OH is 1. The van der Waals surface area contributed by atoms with Gasteiger partial charge in [0.05, 0.1) is 6.10 Å². The van der Waals surface area contributed by atoms with Crippen LogP contribution in [-0.2, 0) is 16.6 Å². The predicted molar refractivity (Wildman–Crippen MR) is 113 cm³/mol. The second-order valence-electron chi connectivity index (χ2n) is 5.84. The molecule has 0 radical (unpaired) electrons. The highest BCUT2D eigenvalue weighted by Gasteiger charge is 2.12. The molecule has 0 spiro atoms. The summed E-state index contributed by atoms with van der Waals surface area (Å²) in [5, 5.41) is 13.2. The zero-order valence-electron chi connectivity index (χ0n) is 15.2. The van der Waals surface area contributed by atoms with Gasteiger partial charge < -0.3 is 10.4 Å². The molecule has 0 saturated heterocycles. The van der Waals surface area contributed by atoms with Crippen molar-refractivity contribution in [3.63, 3.8) is 0 Å². The fourth-order valence-electron chi connectivity index (χ4n) is 2.14. The number of nitrogens with one attached hydrogen (secondary N) is 2. The first kappa shape index (κ1) is 25.6. The average molecular weight is 437 g/mol. The van der Waals surface area contributed by atoms with E-state index in [1.54, 1.807) is 30.6 Å². The largest absolute Gasteiger partial charge is 0.387 e. The maximum Gasteiger partial charge on any atom is 0.301 e. The van der Waals surface area contributed by atoms with Crippen molar-refractivity contribution in [1.29, 1.82) is 0 Å². The highest BCUT2D eigenvalue weighted by Crippen LogP contribution is 2.13. The SMILES string of the molecule is CN(C)S(=O)(=O)Nc1ccc(CCNC[C@H](O)c2cccnc2)cc1.Cl.Cl. The number of nitrogens with zero attached hydrogens (tertiary/aromatic N) is 2. The van der Waals surface area contributed by atoms with E-state index in [1.165, 1.54) is 14.1 Å². The first-order valence-corrected chi connectivity index (χ1v) is 9.40. The predicted octanol–water partition coefficient (Wildman–Crippen LogP) is 2.01. The fourth-order valence-corrected chi connectivity index (χ4v) is 2.76. The van der Waals surface area contributed by atoms with Crippen molar-refractivity contribution in [3.05, 3.63) is 59.9 Å². The molecule has 1 aromatic heterocycles. The highest BCUT2D eigenvalue weighted by atomic mass is 35.5. The van der Waals surface area contributed by atoms with Gasteiger partial charge in [0.2, 0.25) is 0 Å². The van der Waals surface area contributed by atoms with Crippen LogP contribution in [-0.4, -0.2) is 50.0 Å². The summed E-state index contributed by atoms with van der Waals surface area (Å²) in [6.07, 6.45) is 3.52. The molecule has 10 heteroatoms. The number of pyridine rings is 1. The number of aliphatic hydroxyl groups is 1. The molecule has 7 nitrogen and oxygen atoms in total. The normalized spacial score (nSPS) is 12.0. The van der Waals surface area contributed by atoms with E-state index in [0.29, 0.717) is 18.8 Å². The van der Waals surface area contributed by atoms with Crippen LogP contribution in [0.2, 0.25) is 0 Å². The Morgan fingerprint density at radius 1 is 1.15 bits per heavy atom. The van der Waals surface area contributed by atoms with Gasteiger partial charge in [-0.25, -0.2) is 0 Å². The first-order valence-electron chi connectivity index (χ1n) is 7.96. The third kappa shape index (κ3) is 8.42. The maximum atomic E-state index is 11.8. The molecule has 0 bridgehead atoms. The van der Waals surface area contributed by atoms with Gasteiger partial charge in [-0.1, -0.05) is 18.2 Å². The topological polar surface area (TPSA) is 94.6 Å². The Morgan fingerprint density at radius 3 is 2.37 bits per heavy atom. The molecule has 0 aliphatic heterocycles. The number of anilines is 1. The van der Waals surface area contributed by atoms with E-state index >= 15 is 0 Å². The highest BCUT2D eigenvalue weighted by molar-refractivity contribution is 7.90. The van der Waals surface area contributed by atoms with Gasteiger partial charge in [-0.3, -0.25) is 9.71 Å². The van der Waals surface area contributed by atoms with E-state index in [-0.39, 0.29) is 24.8 Å². The Hall–Kier alpha value is -1.42. The smallest absolute Gasteiger partial charge is 0.301 e. The summed E-state index contributed by atoms with van der Waals surface area (Å²) in [5.41, 5.74) is 2.39.